The summed E-state index contributed by atoms with van der Waals surface area (Å²) in [5.41, 5.74) is 0.636. The second kappa shape index (κ2) is 10.00. The summed E-state index contributed by atoms with van der Waals surface area (Å²) in [7, 11) is 1.34. The standard InChI is InChI=1S/C19H31NO4.ClH/c1-18(2,3)13-19(4,5)20-11-15(21)12-24-16-9-7-14(8-10-16)17(22)23-6;/h7-10,15,20-21H,11-13H2,1-6H3;1H. The van der Waals surface area contributed by atoms with E-state index in [1.54, 1.807) is 24.3 Å². The van der Waals surface area contributed by atoms with Gasteiger partial charge in [-0.25, -0.2) is 4.79 Å². The quantitative estimate of drug-likeness (QED) is 0.683. The number of aliphatic hydroxyl groups is 1. The van der Waals surface area contributed by atoms with Crippen molar-refractivity contribution in [3.05, 3.63) is 29.8 Å². The van der Waals surface area contributed by atoms with Gasteiger partial charge in [-0.1, -0.05) is 20.8 Å². The zero-order chi connectivity index (χ0) is 18.4. The topological polar surface area (TPSA) is 67.8 Å². The Balaban J connectivity index is 0.00000576. The Hall–Kier alpha value is -1.30. The molecule has 0 aliphatic heterocycles. The highest BCUT2D eigenvalue weighted by molar-refractivity contribution is 5.89. The summed E-state index contributed by atoms with van der Waals surface area (Å²) in [5.74, 6) is 0.225. The molecular weight excluding hydrogens is 342 g/mol. The van der Waals surface area contributed by atoms with Gasteiger partial charge in [0.05, 0.1) is 12.7 Å². The molecule has 1 aromatic rings. The second-order valence-electron chi connectivity index (χ2n) is 7.98. The molecule has 1 atom stereocenters. The Kier molecular flexibility index (Phi) is 9.48. The summed E-state index contributed by atoms with van der Waals surface area (Å²) in [6.07, 6.45) is 0.396. The van der Waals surface area contributed by atoms with Crippen molar-refractivity contribution in [3.8, 4) is 5.75 Å². The Morgan fingerprint density at radius 2 is 1.72 bits per heavy atom. The van der Waals surface area contributed by atoms with Crippen molar-refractivity contribution in [2.24, 2.45) is 5.41 Å². The van der Waals surface area contributed by atoms with E-state index in [9.17, 15) is 9.90 Å². The van der Waals surface area contributed by atoms with Crippen molar-refractivity contribution in [1.82, 2.24) is 5.32 Å². The van der Waals surface area contributed by atoms with E-state index in [1.807, 2.05) is 0 Å². The fourth-order valence-corrected chi connectivity index (χ4v) is 2.84. The van der Waals surface area contributed by atoms with E-state index in [2.05, 4.69) is 44.7 Å². The predicted molar refractivity (Wildman–Crippen MR) is 103 cm³/mol. The largest absolute Gasteiger partial charge is 0.491 e. The van der Waals surface area contributed by atoms with Crippen LogP contribution in [0, 0.1) is 5.41 Å². The molecule has 0 aromatic heterocycles. The van der Waals surface area contributed by atoms with Crippen LogP contribution >= 0.6 is 12.4 Å². The van der Waals surface area contributed by atoms with E-state index in [0.29, 0.717) is 17.9 Å². The lowest BCUT2D eigenvalue weighted by Crippen LogP contribution is -2.46. The van der Waals surface area contributed by atoms with Gasteiger partial charge in [-0.3, -0.25) is 0 Å². The zero-order valence-corrected chi connectivity index (χ0v) is 16.9. The van der Waals surface area contributed by atoms with Crippen LogP contribution < -0.4 is 10.1 Å². The summed E-state index contributed by atoms with van der Waals surface area (Å²) >= 11 is 0. The second-order valence-corrected chi connectivity index (χ2v) is 7.98. The Bertz CT molecular complexity index is 523. The lowest BCUT2D eigenvalue weighted by atomic mass is 9.82. The number of ether oxygens (including phenoxy) is 2. The molecule has 0 aliphatic rings. The third-order valence-corrected chi connectivity index (χ3v) is 3.51. The Morgan fingerprint density at radius 3 is 2.20 bits per heavy atom. The number of methoxy groups -OCH3 is 1. The van der Waals surface area contributed by atoms with Crippen LogP contribution in [-0.4, -0.2) is 43.0 Å². The molecule has 0 saturated carbocycles. The number of carbonyl (C=O) groups is 1. The van der Waals surface area contributed by atoms with Crippen LogP contribution in [0.25, 0.3) is 0 Å². The average molecular weight is 374 g/mol. The highest BCUT2D eigenvalue weighted by Crippen LogP contribution is 2.26. The number of carbonyl (C=O) groups excluding carboxylic acids is 1. The van der Waals surface area contributed by atoms with Crippen LogP contribution in [0.1, 0.15) is 51.4 Å². The number of hydrogen-bond acceptors (Lipinski definition) is 5. The minimum absolute atomic E-state index is 0. The van der Waals surface area contributed by atoms with Crippen LogP contribution in [0.5, 0.6) is 5.75 Å². The molecule has 1 unspecified atom stereocenters. The van der Waals surface area contributed by atoms with Gasteiger partial charge in [0.1, 0.15) is 18.5 Å². The number of aliphatic hydroxyl groups excluding tert-OH is 1. The van der Waals surface area contributed by atoms with Gasteiger partial charge < -0.3 is 19.9 Å². The Morgan fingerprint density at radius 1 is 1.16 bits per heavy atom. The van der Waals surface area contributed by atoms with E-state index in [4.69, 9.17) is 4.74 Å². The molecule has 0 radical (unpaired) electrons. The maximum Gasteiger partial charge on any atom is 0.337 e. The summed E-state index contributed by atoms with van der Waals surface area (Å²) in [4.78, 5) is 11.4. The van der Waals surface area contributed by atoms with Crippen molar-refractivity contribution in [2.75, 3.05) is 20.3 Å². The molecule has 0 amide bonds. The molecular formula is C19H32ClNO4. The van der Waals surface area contributed by atoms with E-state index >= 15 is 0 Å². The molecule has 5 nitrogen and oxygen atoms in total. The van der Waals surface area contributed by atoms with Crippen LogP contribution in [-0.2, 0) is 4.74 Å². The Labute approximate surface area is 157 Å². The molecule has 144 valence electrons. The first-order valence-corrected chi connectivity index (χ1v) is 8.27. The first-order valence-electron chi connectivity index (χ1n) is 8.27. The average Bonchev–Trinajstić information content (AvgIpc) is 2.48. The summed E-state index contributed by atoms with van der Waals surface area (Å²) in [6, 6.07) is 6.66. The van der Waals surface area contributed by atoms with Gasteiger partial charge in [-0.2, -0.15) is 0 Å². The summed E-state index contributed by atoms with van der Waals surface area (Å²) < 4.78 is 10.2. The van der Waals surface area contributed by atoms with Crippen molar-refractivity contribution in [1.29, 1.82) is 0 Å². The summed E-state index contributed by atoms with van der Waals surface area (Å²) in [5, 5.41) is 13.5. The van der Waals surface area contributed by atoms with Gasteiger partial charge in [0.2, 0.25) is 0 Å². The van der Waals surface area contributed by atoms with Crippen molar-refractivity contribution in [3.63, 3.8) is 0 Å². The molecule has 0 spiro atoms. The lowest BCUT2D eigenvalue weighted by molar-refractivity contribution is 0.0600. The third-order valence-electron chi connectivity index (χ3n) is 3.51. The molecule has 0 saturated heterocycles. The highest BCUT2D eigenvalue weighted by Gasteiger charge is 2.25. The maximum absolute atomic E-state index is 11.4. The first kappa shape index (κ1) is 23.7. The predicted octanol–water partition coefficient (Wildman–Crippen LogP) is 3.44. The SMILES string of the molecule is COC(=O)c1ccc(OCC(O)CNC(C)(C)CC(C)(C)C)cc1.Cl. The van der Waals surface area contributed by atoms with Gasteiger partial charge in [-0.15, -0.1) is 12.4 Å². The third kappa shape index (κ3) is 9.68. The monoisotopic (exact) mass is 373 g/mol. The molecule has 2 N–H and O–H groups in total. The molecule has 0 aliphatic carbocycles. The van der Waals surface area contributed by atoms with Crippen LogP contribution in [0.4, 0.5) is 0 Å². The van der Waals surface area contributed by atoms with Gasteiger partial charge in [0, 0.05) is 12.1 Å². The number of rotatable bonds is 8. The van der Waals surface area contributed by atoms with Crippen molar-refractivity contribution >= 4 is 18.4 Å². The van der Waals surface area contributed by atoms with Gasteiger partial charge in [0.25, 0.3) is 0 Å². The van der Waals surface area contributed by atoms with Crippen LogP contribution in [0.3, 0.4) is 0 Å². The maximum atomic E-state index is 11.4. The van der Waals surface area contributed by atoms with Crippen LogP contribution in [0.15, 0.2) is 24.3 Å². The molecule has 25 heavy (non-hydrogen) atoms. The highest BCUT2D eigenvalue weighted by atomic mass is 35.5. The lowest BCUT2D eigenvalue weighted by Gasteiger charge is -2.34. The van der Waals surface area contributed by atoms with Crippen molar-refractivity contribution in [2.45, 2.75) is 52.7 Å². The first-order chi connectivity index (χ1) is 11.0. The molecule has 1 rings (SSSR count). The molecule has 1 aromatic carbocycles. The number of esters is 1. The number of nitrogens with one attached hydrogen (secondary N) is 1. The number of β-amino-alcohol motifs (C(OH)–C–C–N with tert-alkyl or cyclic N) is 1. The van der Waals surface area contributed by atoms with E-state index in [-0.39, 0.29) is 35.9 Å². The van der Waals surface area contributed by atoms with Gasteiger partial charge >= 0.3 is 5.97 Å². The number of benzene rings is 1. The molecule has 6 heteroatoms. The normalized spacial score (nSPS) is 12.9. The van der Waals surface area contributed by atoms with E-state index in [0.717, 1.165) is 6.42 Å². The van der Waals surface area contributed by atoms with E-state index in [1.165, 1.54) is 7.11 Å². The fourth-order valence-electron chi connectivity index (χ4n) is 2.84. The minimum atomic E-state index is -0.607. The van der Waals surface area contributed by atoms with Crippen LogP contribution in [0.2, 0.25) is 0 Å². The van der Waals surface area contributed by atoms with Gasteiger partial charge in [0.15, 0.2) is 0 Å². The van der Waals surface area contributed by atoms with Crippen molar-refractivity contribution < 1.29 is 19.4 Å². The number of hydrogen-bond donors (Lipinski definition) is 2. The van der Waals surface area contributed by atoms with Gasteiger partial charge in [-0.05, 0) is 49.9 Å². The number of halogens is 1. The smallest absolute Gasteiger partial charge is 0.337 e. The zero-order valence-electron chi connectivity index (χ0n) is 16.1. The minimum Gasteiger partial charge on any atom is -0.491 e. The fraction of sp³-hybridized carbons (Fsp3) is 0.632. The molecule has 0 fully saturated rings. The summed E-state index contributed by atoms with van der Waals surface area (Å²) in [6.45, 7) is 11.5. The van der Waals surface area contributed by atoms with E-state index < -0.39 is 6.10 Å². The molecule has 0 bridgehead atoms. The molecule has 0 heterocycles.